The fourth-order valence-electron chi connectivity index (χ4n) is 3.63. The van der Waals surface area contributed by atoms with Crippen molar-refractivity contribution >= 4 is 17.2 Å². The number of nitrogens with zero attached hydrogens (tertiary/aromatic N) is 3. The number of carbonyl (C=O) groups is 1. The number of piperidine rings is 1. The van der Waals surface area contributed by atoms with Gasteiger partial charge in [0.2, 0.25) is 0 Å². The first kappa shape index (κ1) is 21.2. The number of pyridine rings is 1. The molecule has 4 heterocycles. The molecule has 0 unspecified atom stereocenters. The largest absolute Gasteiger partial charge is 0.433 e. The number of carbonyl (C=O) groups excluding carboxylic acids is 1. The second kappa shape index (κ2) is 8.26. The monoisotopic (exact) mass is 448 g/mol. The molecule has 162 valence electrons. The highest BCUT2D eigenvalue weighted by atomic mass is 32.1. The Kier molecular flexibility index (Phi) is 5.65. The molecule has 0 aromatic carbocycles. The summed E-state index contributed by atoms with van der Waals surface area (Å²) in [4.78, 5) is 37.9. The zero-order valence-corrected chi connectivity index (χ0v) is 17.4. The molecule has 31 heavy (non-hydrogen) atoms. The molecule has 1 amide bonds. The van der Waals surface area contributed by atoms with E-state index < -0.39 is 29.3 Å². The first-order valence-corrected chi connectivity index (χ1v) is 10.6. The molecule has 0 spiro atoms. The van der Waals surface area contributed by atoms with Crippen molar-refractivity contribution in [3.05, 3.63) is 68.8 Å². The molecule has 0 aliphatic carbocycles. The molecule has 0 radical (unpaired) electrons. The van der Waals surface area contributed by atoms with Crippen LogP contribution in [0.25, 0.3) is 10.6 Å². The third-order valence-corrected chi connectivity index (χ3v) is 6.06. The second-order valence-electron chi connectivity index (χ2n) is 7.45. The van der Waals surface area contributed by atoms with Crippen LogP contribution >= 0.6 is 11.3 Å². The number of alkyl halides is 3. The summed E-state index contributed by atoms with van der Waals surface area (Å²) >= 11 is 1.30. The van der Waals surface area contributed by atoms with E-state index in [-0.39, 0.29) is 23.6 Å². The van der Waals surface area contributed by atoms with E-state index in [2.05, 4.69) is 15.0 Å². The molecule has 3 aromatic heterocycles. The van der Waals surface area contributed by atoms with Gasteiger partial charge < -0.3 is 9.88 Å². The van der Waals surface area contributed by atoms with Gasteiger partial charge in [0.15, 0.2) is 0 Å². The van der Waals surface area contributed by atoms with E-state index in [0.29, 0.717) is 30.0 Å². The van der Waals surface area contributed by atoms with Crippen LogP contribution in [0.4, 0.5) is 13.2 Å². The minimum absolute atomic E-state index is 0.00971. The minimum Gasteiger partial charge on any atom is -0.338 e. The van der Waals surface area contributed by atoms with Crippen molar-refractivity contribution in [3.8, 4) is 10.6 Å². The molecule has 3 aromatic rings. The minimum atomic E-state index is -4.61. The number of thiophene rings is 1. The summed E-state index contributed by atoms with van der Waals surface area (Å²) in [6, 6.07) is 7.51. The average Bonchev–Trinajstić information content (AvgIpc) is 3.27. The van der Waals surface area contributed by atoms with Crippen molar-refractivity contribution in [2.75, 3.05) is 13.1 Å². The van der Waals surface area contributed by atoms with Crippen molar-refractivity contribution in [3.63, 3.8) is 0 Å². The lowest BCUT2D eigenvalue weighted by Crippen LogP contribution is -2.41. The first-order valence-electron chi connectivity index (χ1n) is 9.71. The lowest BCUT2D eigenvalue weighted by molar-refractivity contribution is -0.141. The fraction of sp³-hybridized carbons (Fsp3) is 0.333. The van der Waals surface area contributed by atoms with E-state index >= 15 is 0 Å². The number of aromatic amines is 1. The highest BCUT2D eigenvalue weighted by molar-refractivity contribution is 7.13. The summed E-state index contributed by atoms with van der Waals surface area (Å²) < 4.78 is 40.4. The highest BCUT2D eigenvalue weighted by Gasteiger charge is 2.36. The van der Waals surface area contributed by atoms with Crippen LogP contribution in [-0.4, -0.2) is 38.8 Å². The summed E-state index contributed by atoms with van der Waals surface area (Å²) in [5.41, 5.74) is -0.625. The van der Waals surface area contributed by atoms with Gasteiger partial charge in [-0.3, -0.25) is 9.59 Å². The normalized spacial score (nSPS) is 17.0. The molecule has 1 aliphatic heterocycles. The Hall–Kier alpha value is -3.01. The van der Waals surface area contributed by atoms with Gasteiger partial charge in [-0.05, 0) is 49.4 Å². The predicted molar refractivity (Wildman–Crippen MR) is 110 cm³/mol. The third-order valence-electron chi connectivity index (χ3n) is 5.17. The number of aryl methyl sites for hydroxylation is 1. The van der Waals surface area contributed by atoms with E-state index in [0.717, 1.165) is 6.07 Å². The topological polar surface area (TPSA) is 79.0 Å². The Morgan fingerprint density at radius 3 is 2.74 bits per heavy atom. The quantitative estimate of drug-likeness (QED) is 0.650. The van der Waals surface area contributed by atoms with Gasteiger partial charge in [-0.15, -0.1) is 11.3 Å². The van der Waals surface area contributed by atoms with Gasteiger partial charge in [0.05, 0.1) is 10.6 Å². The molecule has 0 saturated carbocycles. The molecular formula is C21H19F3N4O2S. The molecule has 1 fully saturated rings. The molecule has 1 aliphatic rings. The maximum Gasteiger partial charge on any atom is 0.433 e. The van der Waals surface area contributed by atoms with E-state index in [1.165, 1.54) is 22.3 Å². The molecule has 10 heteroatoms. The summed E-state index contributed by atoms with van der Waals surface area (Å²) in [7, 11) is 0. The van der Waals surface area contributed by atoms with Crippen molar-refractivity contribution in [2.24, 2.45) is 0 Å². The zero-order chi connectivity index (χ0) is 22.2. The lowest BCUT2D eigenvalue weighted by atomic mass is 9.96. The number of halogens is 3. The number of hydrogen-bond donors (Lipinski definition) is 1. The molecule has 6 nitrogen and oxygen atoms in total. The molecule has 1 N–H and O–H groups in total. The third kappa shape index (κ3) is 4.53. The van der Waals surface area contributed by atoms with Gasteiger partial charge >= 0.3 is 6.18 Å². The van der Waals surface area contributed by atoms with E-state index in [9.17, 15) is 22.8 Å². The maximum absolute atomic E-state index is 13.5. The number of amides is 1. The number of nitrogens with one attached hydrogen (secondary N) is 1. The van der Waals surface area contributed by atoms with Gasteiger partial charge in [-0.1, -0.05) is 6.07 Å². The van der Waals surface area contributed by atoms with Gasteiger partial charge in [-0.2, -0.15) is 13.2 Å². The number of likely N-dealkylation sites (tertiary alicyclic amines) is 1. The van der Waals surface area contributed by atoms with Gasteiger partial charge in [0, 0.05) is 24.7 Å². The maximum atomic E-state index is 13.5. The van der Waals surface area contributed by atoms with Crippen LogP contribution in [0.1, 0.15) is 46.3 Å². The predicted octanol–water partition coefficient (Wildman–Crippen LogP) is 4.24. The Balaban J connectivity index is 1.65. The van der Waals surface area contributed by atoms with Gasteiger partial charge in [0.1, 0.15) is 17.1 Å². The zero-order valence-electron chi connectivity index (χ0n) is 16.6. The van der Waals surface area contributed by atoms with Crippen LogP contribution in [-0.2, 0) is 6.18 Å². The van der Waals surface area contributed by atoms with Crippen LogP contribution in [0.3, 0.4) is 0 Å². The number of hydrogen-bond acceptors (Lipinski definition) is 5. The molecule has 1 saturated heterocycles. The summed E-state index contributed by atoms with van der Waals surface area (Å²) in [6.45, 7) is 2.28. The second-order valence-corrected chi connectivity index (χ2v) is 8.39. The molecular weight excluding hydrogens is 429 g/mol. The molecule has 4 rings (SSSR count). The number of aromatic nitrogens is 3. The highest BCUT2D eigenvalue weighted by Crippen LogP contribution is 2.34. The Morgan fingerprint density at radius 2 is 2.06 bits per heavy atom. The fourth-order valence-corrected chi connectivity index (χ4v) is 4.31. The Bertz CT molecular complexity index is 1160. The van der Waals surface area contributed by atoms with Crippen molar-refractivity contribution < 1.29 is 18.0 Å². The van der Waals surface area contributed by atoms with Crippen molar-refractivity contribution in [2.45, 2.75) is 31.9 Å². The van der Waals surface area contributed by atoms with Crippen LogP contribution in [0.15, 0.2) is 40.5 Å². The van der Waals surface area contributed by atoms with E-state index in [4.69, 9.17) is 0 Å². The summed E-state index contributed by atoms with van der Waals surface area (Å²) in [5.74, 6) is -0.840. The van der Waals surface area contributed by atoms with Crippen molar-refractivity contribution in [1.29, 1.82) is 0 Å². The summed E-state index contributed by atoms with van der Waals surface area (Å²) in [6.07, 6.45) is -3.48. The SMILES string of the molecule is Cc1ccc(C(=O)N2CCC[C@H](c3nc(-c4cccs4)cc(C(F)(F)F)n3)C2)c(=O)[nH]1. The Morgan fingerprint density at radius 1 is 1.26 bits per heavy atom. The summed E-state index contributed by atoms with van der Waals surface area (Å²) in [5, 5.41) is 1.77. The van der Waals surface area contributed by atoms with Crippen LogP contribution < -0.4 is 5.56 Å². The standard InChI is InChI=1S/C21H19F3N4O2S/c1-12-6-7-14(19(29)25-12)20(30)28-8-2-4-13(11-28)18-26-15(16-5-3-9-31-16)10-17(27-18)21(22,23)24/h3,5-7,9-10,13H,2,4,8,11H2,1H3,(H,25,29)/t13-/m0/s1. The van der Waals surface area contributed by atoms with Crippen LogP contribution in [0, 0.1) is 6.92 Å². The molecule has 0 bridgehead atoms. The van der Waals surface area contributed by atoms with Gasteiger partial charge in [0.25, 0.3) is 11.5 Å². The Labute approximate surface area is 179 Å². The molecule has 1 atom stereocenters. The number of H-pyrrole nitrogens is 1. The number of rotatable bonds is 3. The van der Waals surface area contributed by atoms with E-state index in [1.807, 2.05) is 0 Å². The lowest BCUT2D eigenvalue weighted by Gasteiger charge is -2.32. The average molecular weight is 448 g/mol. The van der Waals surface area contributed by atoms with E-state index in [1.54, 1.807) is 30.5 Å². The van der Waals surface area contributed by atoms with Crippen LogP contribution in [0.2, 0.25) is 0 Å². The smallest absolute Gasteiger partial charge is 0.338 e. The van der Waals surface area contributed by atoms with Gasteiger partial charge in [-0.25, -0.2) is 9.97 Å². The van der Waals surface area contributed by atoms with Crippen LogP contribution in [0.5, 0.6) is 0 Å². The first-order chi connectivity index (χ1) is 14.7. The van der Waals surface area contributed by atoms with Crippen molar-refractivity contribution in [1.82, 2.24) is 19.9 Å².